The third kappa shape index (κ3) is 2.75. The molecule has 21 heavy (non-hydrogen) atoms. The average molecular weight is 348 g/mol. The maximum absolute atomic E-state index is 11.8. The summed E-state index contributed by atoms with van der Waals surface area (Å²) in [5.74, 6) is 0.797. The molecule has 1 aliphatic rings. The molecule has 0 atom stereocenters. The van der Waals surface area contributed by atoms with Gasteiger partial charge in [0.1, 0.15) is 5.75 Å². The molecule has 0 spiro atoms. The fourth-order valence-electron chi connectivity index (χ4n) is 1.85. The first-order valence-electron chi connectivity index (χ1n) is 6.07. The number of esters is 1. The first-order valence-corrected chi connectivity index (χ1v) is 6.86. The number of aliphatic imine (C=N–C) groups is 1. The fourth-order valence-corrected chi connectivity index (χ4v) is 2.40. The number of nitrogens with zero attached hydrogens (tertiary/aromatic N) is 1. The van der Waals surface area contributed by atoms with E-state index in [2.05, 4.69) is 20.9 Å². The quantitative estimate of drug-likeness (QED) is 0.630. The van der Waals surface area contributed by atoms with E-state index in [0.29, 0.717) is 11.5 Å². The number of cyclic esters (lactones) is 1. The van der Waals surface area contributed by atoms with Crippen molar-refractivity contribution < 1.29 is 18.7 Å². The Bertz CT molecular complexity index is 747. The number of hydrogen-bond donors (Lipinski definition) is 0. The van der Waals surface area contributed by atoms with Gasteiger partial charge in [-0.15, -0.1) is 0 Å². The summed E-state index contributed by atoms with van der Waals surface area (Å²) in [5, 5.41) is 0. The van der Waals surface area contributed by atoms with E-state index in [4.69, 9.17) is 13.9 Å². The van der Waals surface area contributed by atoms with Crippen LogP contribution >= 0.6 is 15.9 Å². The van der Waals surface area contributed by atoms with Gasteiger partial charge in [-0.2, -0.15) is 0 Å². The number of rotatable bonds is 3. The van der Waals surface area contributed by atoms with Crippen molar-refractivity contribution in [2.75, 3.05) is 7.11 Å². The highest BCUT2D eigenvalue weighted by molar-refractivity contribution is 9.10. The molecule has 2 heterocycles. The number of carbonyl (C=O) groups excluding carboxylic acids is 1. The Kier molecular flexibility index (Phi) is 3.62. The molecule has 1 aromatic heterocycles. The lowest BCUT2D eigenvalue weighted by atomic mass is 10.2. The molecule has 0 amide bonds. The van der Waals surface area contributed by atoms with Crippen molar-refractivity contribution in [2.45, 2.75) is 0 Å². The van der Waals surface area contributed by atoms with E-state index in [9.17, 15) is 4.79 Å². The Balaban J connectivity index is 1.92. The van der Waals surface area contributed by atoms with Crippen molar-refractivity contribution in [1.82, 2.24) is 0 Å². The van der Waals surface area contributed by atoms with Crippen LogP contribution in [0.4, 0.5) is 0 Å². The zero-order valence-electron chi connectivity index (χ0n) is 11.0. The van der Waals surface area contributed by atoms with Gasteiger partial charge in [-0.1, -0.05) is 6.07 Å². The Labute approximate surface area is 129 Å². The predicted molar refractivity (Wildman–Crippen MR) is 80.0 cm³/mol. The van der Waals surface area contributed by atoms with Crippen LogP contribution in [-0.2, 0) is 9.53 Å². The summed E-state index contributed by atoms with van der Waals surface area (Å²) in [6.45, 7) is 0. The van der Waals surface area contributed by atoms with Gasteiger partial charge in [0.25, 0.3) is 5.90 Å². The minimum absolute atomic E-state index is 0.170. The summed E-state index contributed by atoms with van der Waals surface area (Å²) in [4.78, 5) is 16.0. The van der Waals surface area contributed by atoms with E-state index in [1.165, 1.54) is 6.26 Å². The first kappa shape index (κ1) is 13.6. The zero-order chi connectivity index (χ0) is 14.8. The Morgan fingerprint density at radius 2 is 2.19 bits per heavy atom. The first-order chi connectivity index (χ1) is 10.2. The molecule has 0 saturated carbocycles. The molecule has 2 aromatic rings. The largest absolute Gasteiger partial charge is 0.496 e. The van der Waals surface area contributed by atoms with Crippen LogP contribution < -0.4 is 4.74 Å². The number of benzene rings is 1. The van der Waals surface area contributed by atoms with E-state index in [-0.39, 0.29) is 11.6 Å². The van der Waals surface area contributed by atoms with E-state index in [1.54, 1.807) is 31.4 Å². The topological polar surface area (TPSA) is 61.0 Å². The Morgan fingerprint density at radius 1 is 1.33 bits per heavy atom. The van der Waals surface area contributed by atoms with Gasteiger partial charge in [-0.3, -0.25) is 0 Å². The lowest BCUT2D eigenvalue weighted by Gasteiger charge is -2.03. The highest BCUT2D eigenvalue weighted by Gasteiger charge is 2.25. The summed E-state index contributed by atoms with van der Waals surface area (Å²) in [6, 6.07) is 8.84. The minimum atomic E-state index is -0.506. The lowest BCUT2D eigenvalue weighted by molar-refractivity contribution is -0.130. The number of methoxy groups -OCH3 is 1. The van der Waals surface area contributed by atoms with Crippen molar-refractivity contribution >= 4 is 33.9 Å². The number of carbonyl (C=O) groups is 1. The van der Waals surface area contributed by atoms with Gasteiger partial charge in [-0.25, -0.2) is 9.79 Å². The second-order valence-corrected chi connectivity index (χ2v) is 5.06. The maximum atomic E-state index is 11.8. The third-order valence-electron chi connectivity index (χ3n) is 2.83. The fraction of sp³-hybridized carbons (Fsp3) is 0.0667. The number of hydrogen-bond acceptors (Lipinski definition) is 5. The van der Waals surface area contributed by atoms with Gasteiger partial charge in [-0.05, 0) is 51.8 Å². The molecule has 0 bridgehead atoms. The Hall–Kier alpha value is -2.34. The molecule has 0 saturated heterocycles. The second kappa shape index (κ2) is 5.57. The van der Waals surface area contributed by atoms with Crippen LogP contribution in [-0.4, -0.2) is 19.0 Å². The number of furan rings is 1. The van der Waals surface area contributed by atoms with Gasteiger partial charge in [0.15, 0.2) is 11.5 Å². The van der Waals surface area contributed by atoms with Gasteiger partial charge in [0.2, 0.25) is 0 Å². The van der Waals surface area contributed by atoms with Gasteiger partial charge >= 0.3 is 5.97 Å². The van der Waals surface area contributed by atoms with Crippen molar-refractivity contribution in [2.24, 2.45) is 4.99 Å². The molecule has 6 heteroatoms. The standard InChI is InChI=1S/C15H10BrNO4/c1-19-12-5-4-9(7-10(12)16)8-11-15(18)21-14(17-11)13-3-2-6-20-13/h2-8H,1H3. The average Bonchev–Trinajstić information content (AvgIpc) is 3.10. The van der Waals surface area contributed by atoms with E-state index in [0.717, 1.165) is 10.0 Å². The van der Waals surface area contributed by atoms with Crippen molar-refractivity contribution in [3.63, 3.8) is 0 Å². The molecule has 0 aliphatic carbocycles. The summed E-state index contributed by atoms with van der Waals surface area (Å²) in [5.41, 5.74) is 1.03. The summed E-state index contributed by atoms with van der Waals surface area (Å²) in [7, 11) is 1.59. The normalized spacial score (nSPS) is 16.0. The van der Waals surface area contributed by atoms with Crippen molar-refractivity contribution in [3.8, 4) is 5.75 Å². The van der Waals surface area contributed by atoms with Gasteiger partial charge < -0.3 is 13.9 Å². The highest BCUT2D eigenvalue weighted by Crippen LogP contribution is 2.27. The molecule has 0 radical (unpaired) electrons. The SMILES string of the molecule is COc1ccc(C=C2N=C(c3ccco3)OC2=O)cc1Br. The summed E-state index contributed by atoms with van der Waals surface area (Å²) in [6.07, 6.45) is 3.14. The van der Waals surface area contributed by atoms with Crippen LogP contribution in [0, 0.1) is 0 Å². The zero-order valence-corrected chi connectivity index (χ0v) is 12.6. The van der Waals surface area contributed by atoms with Gasteiger partial charge in [0.05, 0.1) is 17.8 Å². The van der Waals surface area contributed by atoms with E-state index >= 15 is 0 Å². The lowest BCUT2D eigenvalue weighted by Crippen LogP contribution is -2.04. The minimum Gasteiger partial charge on any atom is -0.496 e. The van der Waals surface area contributed by atoms with Crippen LogP contribution in [0.5, 0.6) is 5.75 Å². The van der Waals surface area contributed by atoms with E-state index < -0.39 is 5.97 Å². The molecule has 0 unspecified atom stereocenters. The number of halogens is 1. The second-order valence-electron chi connectivity index (χ2n) is 4.21. The molecular weight excluding hydrogens is 338 g/mol. The molecule has 1 aliphatic heterocycles. The van der Waals surface area contributed by atoms with E-state index in [1.807, 2.05) is 12.1 Å². The molecule has 3 rings (SSSR count). The highest BCUT2D eigenvalue weighted by atomic mass is 79.9. The number of ether oxygens (including phenoxy) is 2. The van der Waals surface area contributed by atoms with Crippen LogP contribution in [0.2, 0.25) is 0 Å². The monoisotopic (exact) mass is 347 g/mol. The summed E-state index contributed by atoms with van der Waals surface area (Å²) < 4.78 is 16.2. The maximum Gasteiger partial charge on any atom is 0.363 e. The molecule has 0 N–H and O–H groups in total. The summed E-state index contributed by atoms with van der Waals surface area (Å²) >= 11 is 3.39. The van der Waals surface area contributed by atoms with Crippen molar-refractivity contribution in [1.29, 1.82) is 0 Å². The Morgan fingerprint density at radius 3 is 2.86 bits per heavy atom. The molecule has 106 valence electrons. The van der Waals surface area contributed by atoms with Crippen LogP contribution in [0.3, 0.4) is 0 Å². The molecule has 0 fully saturated rings. The van der Waals surface area contributed by atoms with Crippen LogP contribution in [0.1, 0.15) is 11.3 Å². The van der Waals surface area contributed by atoms with Gasteiger partial charge in [0, 0.05) is 0 Å². The smallest absolute Gasteiger partial charge is 0.363 e. The molecule has 5 nitrogen and oxygen atoms in total. The van der Waals surface area contributed by atoms with Crippen LogP contribution in [0.15, 0.2) is 56.2 Å². The third-order valence-corrected chi connectivity index (χ3v) is 3.45. The van der Waals surface area contributed by atoms with Crippen molar-refractivity contribution in [3.05, 3.63) is 58.1 Å². The van der Waals surface area contributed by atoms with Crippen LogP contribution in [0.25, 0.3) is 6.08 Å². The molecule has 1 aromatic carbocycles. The molecular formula is C15H10BrNO4. The predicted octanol–water partition coefficient (Wildman–Crippen LogP) is 3.40.